The Labute approximate surface area is 139 Å². The molecule has 0 aliphatic heterocycles. The minimum Gasteiger partial charge on any atom is -0.370 e. The number of nitrogens with two attached hydrogens (primary N) is 1. The summed E-state index contributed by atoms with van der Waals surface area (Å²) in [5, 5.41) is 3.42. The molecule has 0 bridgehead atoms. The monoisotopic (exact) mass is 335 g/mol. The number of amides is 1. The van der Waals surface area contributed by atoms with Crippen LogP contribution in [0.2, 0.25) is 10.0 Å². The number of hydrogen-bond donors (Lipinski definition) is 2. The van der Waals surface area contributed by atoms with Crippen LogP contribution in [0.4, 0.5) is 0 Å². The molecule has 0 aromatic heterocycles. The molecule has 0 fully saturated rings. The van der Waals surface area contributed by atoms with Crippen molar-refractivity contribution < 1.29 is 4.79 Å². The summed E-state index contributed by atoms with van der Waals surface area (Å²) in [6.07, 6.45) is 0.0417. The van der Waals surface area contributed by atoms with E-state index in [2.05, 4.69) is 10.3 Å². The van der Waals surface area contributed by atoms with Crippen LogP contribution in [0, 0.1) is 0 Å². The van der Waals surface area contributed by atoms with Gasteiger partial charge in [0.15, 0.2) is 5.96 Å². The summed E-state index contributed by atoms with van der Waals surface area (Å²) in [4.78, 5) is 16.1. The van der Waals surface area contributed by atoms with E-state index in [1.54, 1.807) is 18.2 Å². The molecule has 2 aromatic rings. The SMILES string of the molecule is NC(=NCc1ccccc1)NC(=O)Cc1c(Cl)cccc1Cl. The average Bonchev–Trinajstić information content (AvgIpc) is 2.50. The molecule has 0 spiro atoms. The van der Waals surface area contributed by atoms with Gasteiger partial charge in [0.25, 0.3) is 0 Å². The van der Waals surface area contributed by atoms with Crippen LogP contribution in [0.3, 0.4) is 0 Å². The van der Waals surface area contributed by atoms with Gasteiger partial charge in [-0.05, 0) is 23.3 Å². The molecule has 114 valence electrons. The molecule has 6 heteroatoms. The lowest BCUT2D eigenvalue weighted by Gasteiger charge is -2.07. The maximum absolute atomic E-state index is 11.9. The molecule has 1 amide bonds. The van der Waals surface area contributed by atoms with Gasteiger partial charge in [0.1, 0.15) is 0 Å². The fourth-order valence-electron chi connectivity index (χ4n) is 1.85. The number of carbonyl (C=O) groups excluding carboxylic acids is 1. The molecule has 0 heterocycles. The van der Waals surface area contributed by atoms with Crippen LogP contribution in [0.5, 0.6) is 0 Å². The van der Waals surface area contributed by atoms with Crippen LogP contribution in [0.15, 0.2) is 53.5 Å². The maximum Gasteiger partial charge on any atom is 0.231 e. The van der Waals surface area contributed by atoms with E-state index in [4.69, 9.17) is 28.9 Å². The lowest BCUT2D eigenvalue weighted by atomic mass is 10.1. The van der Waals surface area contributed by atoms with Gasteiger partial charge in [0.2, 0.25) is 5.91 Å². The van der Waals surface area contributed by atoms with Gasteiger partial charge in [-0.2, -0.15) is 0 Å². The lowest BCUT2D eigenvalue weighted by molar-refractivity contribution is -0.119. The van der Waals surface area contributed by atoms with Crippen molar-refractivity contribution in [2.75, 3.05) is 0 Å². The fraction of sp³-hybridized carbons (Fsp3) is 0.125. The van der Waals surface area contributed by atoms with Gasteiger partial charge in [0.05, 0.1) is 13.0 Å². The van der Waals surface area contributed by atoms with Crippen LogP contribution in [0.25, 0.3) is 0 Å². The van der Waals surface area contributed by atoms with Crippen LogP contribution >= 0.6 is 23.2 Å². The van der Waals surface area contributed by atoms with Gasteiger partial charge in [-0.1, -0.05) is 59.6 Å². The Morgan fingerprint density at radius 1 is 1.05 bits per heavy atom. The van der Waals surface area contributed by atoms with Crippen LogP contribution in [0.1, 0.15) is 11.1 Å². The zero-order valence-corrected chi connectivity index (χ0v) is 13.2. The lowest BCUT2D eigenvalue weighted by Crippen LogP contribution is -2.37. The van der Waals surface area contributed by atoms with Crippen molar-refractivity contribution in [2.45, 2.75) is 13.0 Å². The third kappa shape index (κ3) is 4.76. The Bertz CT molecular complexity index is 667. The van der Waals surface area contributed by atoms with Crippen LogP contribution in [-0.4, -0.2) is 11.9 Å². The highest BCUT2D eigenvalue weighted by atomic mass is 35.5. The first kappa shape index (κ1) is 16.3. The minimum atomic E-state index is -0.315. The molecular weight excluding hydrogens is 321 g/mol. The topological polar surface area (TPSA) is 67.5 Å². The van der Waals surface area contributed by atoms with E-state index in [0.29, 0.717) is 22.2 Å². The second kappa shape index (κ2) is 7.82. The summed E-state index contributed by atoms with van der Waals surface area (Å²) >= 11 is 12.1. The van der Waals surface area contributed by atoms with E-state index in [9.17, 15) is 4.79 Å². The molecule has 0 aliphatic rings. The number of rotatable bonds is 4. The molecule has 22 heavy (non-hydrogen) atoms. The number of halogens is 2. The van der Waals surface area contributed by atoms with Gasteiger partial charge < -0.3 is 5.73 Å². The Hall–Kier alpha value is -2.04. The second-order valence-electron chi connectivity index (χ2n) is 4.61. The normalized spacial score (nSPS) is 11.3. The Kier molecular flexibility index (Phi) is 5.81. The van der Waals surface area contributed by atoms with Gasteiger partial charge in [0, 0.05) is 10.0 Å². The van der Waals surface area contributed by atoms with Gasteiger partial charge in [-0.15, -0.1) is 0 Å². The zero-order chi connectivity index (χ0) is 15.9. The third-order valence-electron chi connectivity index (χ3n) is 2.94. The second-order valence-corrected chi connectivity index (χ2v) is 5.43. The Morgan fingerprint density at radius 3 is 2.32 bits per heavy atom. The van der Waals surface area contributed by atoms with E-state index >= 15 is 0 Å². The molecule has 3 N–H and O–H groups in total. The Morgan fingerprint density at radius 2 is 1.68 bits per heavy atom. The van der Waals surface area contributed by atoms with Crippen molar-refractivity contribution in [3.8, 4) is 0 Å². The standard InChI is InChI=1S/C16H15Cl2N3O/c17-13-7-4-8-14(18)12(13)9-15(22)21-16(19)20-10-11-5-2-1-3-6-11/h1-8H,9-10H2,(H3,19,20,21,22). The molecule has 0 aliphatic carbocycles. The van der Waals surface area contributed by atoms with E-state index in [1.165, 1.54) is 0 Å². The highest BCUT2D eigenvalue weighted by Gasteiger charge is 2.11. The van der Waals surface area contributed by atoms with E-state index in [0.717, 1.165) is 5.56 Å². The van der Waals surface area contributed by atoms with Crippen molar-refractivity contribution in [3.05, 3.63) is 69.7 Å². The largest absolute Gasteiger partial charge is 0.370 e. The maximum atomic E-state index is 11.9. The minimum absolute atomic E-state index is 0.0417. The summed E-state index contributed by atoms with van der Waals surface area (Å²) < 4.78 is 0. The summed E-state index contributed by atoms with van der Waals surface area (Å²) in [6, 6.07) is 14.7. The smallest absolute Gasteiger partial charge is 0.231 e. The van der Waals surface area contributed by atoms with Crippen LogP contribution in [-0.2, 0) is 17.8 Å². The fourth-order valence-corrected chi connectivity index (χ4v) is 2.38. The molecule has 0 saturated carbocycles. The quantitative estimate of drug-likeness (QED) is 0.665. The highest BCUT2D eigenvalue weighted by Crippen LogP contribution is 2.24. The number of benzene rings is 2. The summed E-state index contributed by atoms with van der Waals surface area (Å²) in [7, 11) is 0. The van der Waals surface area contributed by atoms with E-state index in [-0.39, 0.29) is 18.3 Å². The van der Waals surface area contributed by atoms with Crippen LogP contribution < -0.4 is 11.1 Å². The molecule has 0 unspecified atom stereocenters. The molecule has 2 aromatic carbocycles. The molecule has 2 rings (SSSR count). The molecule has 4 nitrogen and oxygen atoms in total. The molecule has 0 atom stereocenters. The third-order valence-corrected chi connectivity index (χ3v) is 3.65. The number of carbonyl (C=O) groups is 1. The summed E-state index contributed by atoms with van der Waals surface area (Å²) in [6.45, 7) is 0.403. The first-order valence-corrected chi connectivity index (χ1v) is 7.38. The van der Waals surface area contributed by atoms with Crippen molar-refractivity contribution >= 4 is 35.1 Å². The molecule has 0 radical (unpaired) electrons. The van der Waals surface area contributed by atoms with Crippen molar-refractivity contribution in [1.29, 1.82) is 0 Å². The Balaban J connectivity index is 1.94. The van der Waals surface area contributed by atoms with E-state index in [1.807, 2.05) is 30.3 Å². The molecule has 0 saturated heterocycles. The first-order chi connectivity index (χ1) is 10.6. The number of nitrogens with one attached hydrogen (secondary N) is 1. The number of aliphatic imine (C=N–C) groups is 1. The van der Waals surface area contributed by atoms with Gasteiger partial charge in [-0.25, -0.2) is 4.99 Å². The van der Waals surface area contributed by atoms with Gasteiger partial charge >= 0.3 is 0 Å². The summed E-state index contributed by atoms with van der Waals surface area (Å²) in [5.41, 5.74) is 7.28. The van der Waals surface area contributed by atoms with Crippen molar-refractivity contribution in [3.63, 3.8) is 0 Å². The number of nitrogens with zero attached hydrogens (tertiary/aromatic N) is 1. The van der Waals surface area contributed by atoms with Crippen molar-refractivity contribution in [1.82, 2.24) is 5.32 Å². The predicted octanol–water partition coefficient (Wildman–Crippen LogP) is 3.17. The van der Waals surface area contributed by atoms with Crippen molar-refractivity contribution in [2.24, 2.45) is 10.7 Å². The molecular formula is C16H15Cl2N3O. The number of hydrogen-bond acceptors (Lipinski definition) is 2. The first-order valence-electron chi connectivity index (χ1n) is 6.63. The predicted molar refractivity (Wildman–Crippen MR) is 90.1 cm³/mol. The summed E-state index contributed by atoms with van der Waals surface area (Å²) in [5.74, 6) is -0.249. The van der Waals surface area contributed by atoms with E-state index < -0.39 is 0 Å². The highest BCUT2D eigenvalue weighted by molar-refractivity contribution is 6.36. The number of guanidine groups is 1. The average molecular weight is 336 g/mol. The zero-order valence-electron chi connectivity index (χ0n) is 11.7. The van der Waals surface area contributed by atoms with Gasteiger partial charge in [-0.3, -0.25) is 10.1 Å².